The first-order chi connectivity index (χ1) is 11.8. The van der Waals surface area contributed by atoms with Crippen LogP contribution in [-0.2, 0) is 0 Å². The Bertz CT molecular complexity index is 327. The Balaban J connectivity index is 1.54. The average Bonchev–Trinajstić information content (AvgIpc) is 2.59. The van der Waals surface area contributed by atoms with Gasteiger partial charge in [-0.25, -0.2) is 0 Å². The highest BCUT2D eigenvalue weighted by Crippen LogP contribution is 2.39. The normalized spacial score (nSPS) is 26.9. The van der Waals surface area contributed by atoms with E-state index in [-0.39, 0.29) is 0 Å². The molecule has 0 aromatic heterocycles. The van der Waals surface area contributed by atoms with E-state index in [2.05, 4.69) is 17.1 Å². The van der Waals surface area contributed by atoms with E-state index in [1.807, 2.05) is 0 Å². The number of nitrogens with one attached hydrogen (secondary N) is 1. The molecule has 2 heteroatoms. The zero-order valence-electron chi connectivity index (χ0n) is 16.4. The Kier molecular flexibility index (Phi) is 7.04. The fourth-order valence-corrected chi connectivity index (χ4v) is 5.85. The summed E-state index contributed by atoms with van der Waals surface area (Å²) in [6.07, 6.45) is 23.0. The van der Waals surface area contributed by atoms with Gasteiger partial charge in [-0.3, -0.25) is 4.90 Å². The number of hydrogen-bond acceptors (Lipinski definition) is 2. The summed E-state index contributed by atoms with van der Waals surface area (Å²) < 4.78 is 0. The average molecular weight is 335 g/mol. The van der Waals surface area contributed by atoms with Gasteiger partial charge in [0.1, 0.15) is 0 Å². The molecule has 0 radical (unpaired) electrons. The molecule has 2 nitrogen and oxygen atoms in total. The molecule has 1 aliphatic heterocycles. The number of piperazine rings is 1. The highest BCUT2D eigenvalue weighted by Gasteiger charge is 2.47. The molecule has 3 fully saturated rings. The summed E-state index contributed by atoms with van der Waals surface area (Å²) in [5.74, 6) is 0. The third-order valence-corrected chi connectivity index (χ3v) is 7.03. The third-order valence-electron chi connectivity index (χ3n) is 7.03. The molecule has 3 aliphatic rings. The molecule has 0 unspecified atom stereocenters. The van der Waals surface area contributed by atoms with Crippen molar-refractivity contribution in [2.24, 2.45) is 0 Å². The number of nitrogens with zero attached hydrogens (tertiary/aromatic N) is 1. The lowest BCUT2D eigenvalue weighted by Crippen LogP contribution is -2.71. The number of unbranched alkanes of at least 4 members (excludes halogenated alkanes) is 5. The van der Waals surface area contributed by atoms with Gasteiger partial charge in [0.2, 0.25) is 0 Å². The molecule has 0 bridgehead atoms. The van der Waals surface area contributed by atoms with Crippen molar-refractivity contribution in [3.05, 3.63) is 0 Å². The van der Waals surface area contributed by atoms with Gasteiger partial charge in [-0.2, -0.15) is 0 Å². The van der Waals surface area contributed by atoms with Gasteiger partial charge < -0.3 is 5.32 Å². The summed E-state index contributed by atoms with van der Waals surface area (Å²) in [4.78, 5) is 2.88. The van der Waals surface area contributed by atoms with Crippen LogP contribution in [0.15, 0.2) is 0 Å². The first-order valence-corrected chi connectivity index (χ1v) is 11.3. The van der Waals surface area contributed by atoms with E-state index >= 15 is 0 Å². The lowest BCUT2D eigenvalue weighted by atomic mass is 9.72. The van der Waals surface area contributed by atoms with Gasteiger partial charge in [0.15, 0.2) is 0 Å². The SMILES string of the molecule is CCCCCCCCN1CC2(CCCCC2)NC2(CCCCC2)C1. The Labute approximate surface area is 151 Å². The van der Waals surface area contributed by atoms with Crippen molar-refractivity contribution in [3.63, 3.8) is 0 Å². The molecule has 0 atom stereocenters. The van der Waals surface area contributed by atoms with Crippen LogP contribution in [-0.4, -0.2) is 35.6 Å². The Hall–Kier alpha value is -0.0800. The molecule has 0 amide bonds. The van der Waals surface area contributed by atoms with Crippen molar-refractivity contribution in [3.8, 4) is 0 Å². The molecule has 1 saturated heterocycles. The van der Waals surface area contributed by atoms with Crippen LogP contribution in [0.5, 0.6) is 0 Å². The summed E-state index contributed by atoms with van der Waals surface area (Å²) >= 11 is 0. The first-order valence-electron chi connectivity index (χ1n) is 11.3. The molecule has 140 valence electrons. The van der Waals surface area contributed by atoms with Gasteiger partial charge in [0.25, 0.3) is 0 Å². The van der Waals surface area contributed by atoms with Crippen LogP contribution in [0.2, 0.25) is 0 Å². The van der Waals surface area contributed by atoms with Crippen molar-refractivity contribution in [2.75, 3.05) is 19.6 Å². The topological polar surface area (TPSA) is 15.3 Å². The maximum Gasteiger partial charge on any atom is 0.0314 e. The minimum Gasteiger partial charge on any atom is -0.303 e. The highest BCUT2D eigenvalue weighted by molar-refractivity contribution is 5.07. The first kappa shape index (κ1) is 18.7. The smallest absolute Gasteiger partial charge is 0.0314 e. The van der Waals surface area contributed by atoms with E-state index in [9.17, 15) is 0 Å². The molecule has 2 spiro atoms. The zero-order chi connectivity index (χ0) is 16.7. The van der Waals surface area contributed by atoms with E-state index in [0.717, 1.165) is 0 Å². The van der Waals surface area contributed by atoms with Gasteiger partial charge >= 0.3 is 0 Å². The van der Waals surface area contributed by atoms with Crippen molar-refractivity contribution in [1.82, 2.24) is 10.2 Å². The van der Waals surface area contributed by atoms with Crippen LogP contribution >= 0.6 is 0 Å². The molecule has 24 heavy (non-hydrogen) atoms. The van der Waals surface area contributed by atoms with Crippen molar-refractivity contribution < 1.29 is 0 Å². The Morgan fingerprint density at radius 2 is 1.17 bits per heavy atom. The van der Waals surface area contributed by atoms with E-state index in [1.54, 1.807) is 0 Å². The van der Waals surface area contributed by atoms with E-state index in [4.69, 9.17) is 0 Å². The fourth-order valence-electron chi connectivity index (χ4n) is 5.85. The van der Waals surface area contributed by atoms with E-state index < -0.39 is 0 Å². The van der Waals surface area contributed by atoms with E-state index in [0.29, 0.717) is 11.1 Å². The highest BCUT2D eigenvalue weighted by atomic mass is 15.3. The van der Waals surface area contributed by atoms with Gasteiger partial charge in [-0.05, 0) is 38.6 Å². The quantitative estimate of drug-likeness (QED) is 0.604. The molecular formula is C22H42N2. The number of hydrogen-bond donors (Lipinski definition) is 1. The minimum absolute atomic E-state index is 0.468. The lowest BCUT2D eigenvalue weighted by molar-refractivity contribution is 0.00417. The summed E-state index contributed by atoms with van der Waals surface area (Å²) in [7, 11) is 0. The van der Waals surface area contributed by atoms with Gasteiger partial charge in [0.05, 0.1) is 0 Å². The summed E-state index contributed by atoms with van der Waals surface area (Å²) in [6, 6.07) is 0. The molecule has 2 saturated carbocycles. The summed E-state index contributed by atoms with van der Waals surface area (Å²) in [5, 5.41) is 4.29. The van der Waals surface area contributed by atoms with Gasteiger partial charge in [0, 0.05) is 24.2 Å². The monoisotopic (exact) mass is 334 g/mol. The van der Waals surface area contributed by atoms with Crippen LogP contribution in [0.3, 0.4) is 0 Å². The molecule has 1 N–H and O–H groups in total. The predicted molar refractivity (Wildman–Crippen MR) is 105 cm³/mol. The molecule has 2 aliphatic carbocycles. The predicted octanol–water partition coefficient (Wildman–Crippen LogP) is 5.66. The third kappa shape index (κ3) is 4.97. The standard InChI is InChI=1S/C22H42N2/c1-2-3-4-5-6-13-18-24-19-21(14-9-7-10-15-21)23-22(20-24)16-11-8-12-17-22/h23H,2-20H2,1H3. The van der Waals surface area contributed by atoms with Crippen molar-refractivity contribution >= 4 is 0 Å². The molecule has 0 aromatic rings. The van der Waals surface area contributed by atoms with Crippen LogP contribution < -0.4 is 5.32 Å². The largest absolute Gasteiger partial charge is 0.303 e. The minimum atomic E-state index is 0.468. The Morgan fingerprint density at radius 1 is 0.667 bits per heavy atom. The van der Waals surface area contributed by atoms with Crippen LogP contribution in [0, 0.1) is 0 Å². The van der Waals surface area contributed by atoms with Gasteiger partial charge in [-0.15, -0.1) is 0 Å². The Morgan fingerprint density at radius 3 is 1.71 bits per heavy atom. The second-order valence-electron chi connectivity index (χ2n) is 9.29. The van der Waals surface area contributed by atoms with Crippen LogP contribution in [0.1, 0.15) is 110 Å². The van der Waals surface area contributed by atoms with Crippen LogP contribution in [0.4, 0.5) is 0 Å². The summed E-state index contributed by atoms with van der Waals surface area (Å²) in [5.41, 5.74) is 0.937. The molecular weight excluding hydrogens is 292 g/mol. The maximum atomic E-state index is 4.29. The molecule has 3 rings (SSSR count). The van der Waals surface area contributed by atoms with Crippen LogP contribution in [0.25, 0.3) is 0 Å². The number of rotatable bonds is 7. The summed E-state index contributed by atoms with van der Waals surface area (Å²) in [6.45, 7) is 6.35. The lowest BCUT2D eigenvalue weighted by Gasteiger charge is -2.56. The fraction of sp³-hybridized carbons (Fsp3) is 1.00. The second-order valence-corrected chi connectivity index (χ2v) is 9.29. The van der Waals surface area contributed by atoms with Gasteiger partial charge in [-0.1, -0.05) is 77.6 Å². The zero-order valence-corrected chi connectivity index (χ0v) is 16.4. The van der Waals surface area contributed by atoms with E-state index in [1.165, 1.54) is 122 Å². The van der Waals surface area contributed by atoms with Crippen molar-refractivity contribution in [2.45, 2.75) is 121 Å². The second kappa shape index (κ2) is 9.03. The molecule has 0 aromatic carbocycles. The maximum absolute atomic E-state index is 4.29. The molecule has 1 heterocycles. The van der Waals surface area contributed by atoms with Crippen molar-refractivity contribution in [1.29, 1.82) is 0 Å².